The molecule has 2 aromatic rings. The van der Waals surface area contributed by atoms with Gasteiger partial charge >= 0.3 is 5.69 Å². The average molecular weight is 402 g/mol. The maximum atomic E-state index is 11.7. The summed E-state index contributed by atoms with van der Waals surface area (Å²) in [5.74, 6) is 0.665. The van der Waals surface area contributed by atoms with Crippen LogP contribution in [0.5, 0.6) is 0 Å². The fourth-order valence-corrected chi connectivity index (χ4v) is 4.13. The fraction of sp³-hybridized carbons (Fsp3) is 0.353. The third kappa shape index (κ3) is 4.15. The van der Waals surface area contributed by atoms with Crippen LogP contribution in [-0.2, 0) is 9.78 Å². The molecule has 28 heavy (non-hydrogen) atoms. The van der Waals surface area contributed by atoms with E-state index in [4.69, 9.17) is 9.78 Å². The summed E-state index contributed by atoms with van der Waals surface area (Å²) in [7, 11) is 0. The minimum Gasteiger partial charge on any atom is -0.351 e. The number of nitrogens with zero attached hydrogens (tertiary/aromatic N) is 5. The van der Waals surface area contributed by atoms with E-state index in [1.165, 1.54) is 6.33 Å². The quantitative estimate of drug-likeness (QED) is 0.439. The molecule has 146 valence electrons. The van der Waals surface area contributed by atoms with Crippen molar-refractivity contribution in [3.63, 3.8) is 0 Å². The average Bonchev–Trinajstić information content (AvgIpc) is 3.22. The summed E-state index contributed by atoms with van der Waals surface area (Å²) in [5.41, 5.74) is -0.172. The molecule has 4 heterocycles. The van der Waals surface area contributed by atoms with Gasteiger partial charge in [-0.1, -0.05) is 6.07 Å². The number of hydrogen-bond acceptors (Lipinski definition) is 10. The molecule has 1 saturated heterocycles. The Morgan fingerprint density at radius 3 is 2.79 bits per heavy atom. The van der Waals surface area contributed by atoms with Crippen LogP contribution in [0.25, 0.3) is 0 Å². The number of rotatable bonds is 6. The van der Waals surface area contributed by atoms with Crippen LogP contribution in [0.4, 0.5) is 17.3 Å². The summed E-state index contributed by atoms with van der Waals surface area (Å²) in [6.07, 6.45) is 6.49. The van der Waals surface area contributed by atoms with E-state index >= 15 is 0 Å². The Kier molecular flexibility index (Phi) is 5.53. The van der Waals surface area contributed by atoms with Gasteiger partial charge in [0, 0.05) is 30.6 Å². The number of nitrogens with one attached hydrogen (secondary N) is 1. The molecule has 0 radical (unpaired) electrons. The zero-order valence-corrected chi connectivity index (χ0v) is 15.7. The lowest BCUT2D eigenvalue weighted by atomic mass is 10.1. The van der Waals surface area contributed by atoms with Gasteiger partial charge in [0.05, 0.1) is 9.95 Å². The van der Waals surface area contributed by atoms with Crippen molar-refractivity contribution in [1.82, 2.24) is 15.0 Å². The third-order valence-electron chi connectivity index (χ3n) is 4.38. The summed E-state index contributed by atoms with van der Waals surface area (Å²) < 4.78 is 0. The Morgan fingerprint density at radius 2 is 2.11 bits per heavy atom. The lowest BCUT2D eigenvalue weighted by Crippen LogP contribution is -2.36. The number of thioether (sulfide) groups is 1. The SMILES string of the molecule is O=[N+]([O-])c1c(NC2=CCOO2)ncnc1N1CCC(Sc2ccccn2)CC1. The van der Waals surface area contributed by atoms with E-state index in [0.717, 1.165) is 17.9 Å². The second-order valence-electron chi connectivity index (χ2n) is 6.19. The normalized spacial score (nSPS) is 17.1. The third-order valence-corrected chi connectivity index (χ3v) is 5.67. The molecular weight excluding hydrogens is 384 g/mol. The molecule has 0 aromatic carbocycles. The van der Waals surface area contributed by atoms with Gasteiger partial charge < -0.3 is 15.1 Å². The standard InChI is InChI=1S/C17H18N6O4S/c24-23(25)15-16(21-13-6-10-26-27-13)19-11-20-17(15)22-8-4-12(5-9-22)28-14-3-1-2-7-18-14/h1-3,6-7,11-12H,4-5,8-10H2,(H,19,20,21). The number of pyridine rings is 1. The summed E-state index contributed by atoms with van der Waals surface area (Å²) >= 11 is 1.74. The van der Waals surface area contributed by atoms with Crippen molar-refractivity contribution < 1.29 is 14.7 Å². The molecule has 0 bridgehead atoms. The highest BCUT2D eigenvalue weighted by Gasteiger charge is 2.31. The number of nitro groups is 1. The van der Waals surface area contributed by atoms with E-state index in [2.05, 4.69) is 20.3 Å². The van der Waals surface area contributed by atoms with Crippen LogP contribution in [0.2, 0.25) is 0 Å². The molecule has 1 fully saturated rings. The van der Waals surface area contributed by atoms with Gasteiger partial charge in [-0.2, -0.15) is 4.89 Å². The number of aromatic nitrogens is 3. The van der Waals surface area contributed by atoms with Crippen molar-refractivity contribution in [1.29, 1.82) is 0 Å². The molecule has 2 aliphatic heterocycles. The largest absolute Gasteiger partial charge is 0.353 e. The minimum absolute atomic E-state index is 0.0803. The summed E-state index contributed by atoms with van der Waals surface area (Å²) in [6, 6.07) is 5.86. The van der Waals surface area contributed by atoms with E-state index in [1.54, 1.807) is 24.0 Å². The zero-order chi connectivity index (χ0) is 19.3. The Labute approximate surface area is 165 Å². The van der Waals surface area contributed by atoms with E-state index in [1.807, 2.05) is 23.1 Å². The van der Waals surface area contributed by atoms with E-state index < -0.39 is 4.92 Å². The van der Waals surface area contributed by atoms with Crippen LogP contribution < -0.4 is 10.2 Å². The van der Waals surface area contributed by atoms with E-state index in [0.29, 0.717) is 24.2 Å². The second-order valence-corrected chi connectivity index (χ2v) is 7.51. The predicted molar refractivity (Wildman–Crippen MR) is 103 cm³/mol. The maximum absolute atomic E-state index is 11.7. The fourth-order valence-electron chi connectivity index (χ4n) is 3.06. The highest BCUT2D eigenvalue weighted by Crippen LogP contribution is 2.36. The van der Waals surface area contributed by atoms with E-state index in [-0.39, 0.29) is 24.0 Å². The van der Waals surface area contributed by atoms with Crippen LogP contribution in [0.3, 0.4) is 0 Å². The van der Waals surface area contributed by atoms with Gasteiger partial charge in [-0.05, 0) is 25.0 Å². The van der Waals surface area contributed by atoms with Crippen molar-refractivity contribution in [2.24, 2.45) is 0 Å². The lowest BCUT2D eigenvalue weighted by Gasteiger charge is -2.32. The highest BCUT2D eigenvalue weighted by atomic mass is 32.2. The first-order valence-corrected chi connectivity index (χ1v) is 9.67. The molecule has 2 aliphatic rings. The minimum atomic E-state index is -0.469. The topological polar surface area (TPSA) is 116 Å². The smallest absolute Gasteiger partial charge is 0.351 e. The predicted octanol–water partition coefficient (Wildman–Crippen LogP) is 2.76. The number of piperidine rings is 1. The first-order chi connectivity index (χ1) is 13.7. The molecule has 0 spiro atoms. The van der Waals surface area contributed by atoms with Crippen molar-refractivity contribution >= 4 is 29.1 Å². The van der Waals surface area contributed by atoms with Gasteiger partial charge in [0.2, 0.25) is 17.5 Å². The van der Waals surface area contributed by atoms with E-state index in [9.17, 15) is 10.1 Å². The first kappa shape index (κ1) is 18.4. The molecule has 1 N–H and O–H groups in total. The first-order valence-electron chi connectivity index (χ1n) is 8.79. The van der Waals surface area contributed by atoms with Crippen molar-refractivity contribution in [3.8, 4) is 0 Å². The highest BCUT2D eigenvalue weighted by molar-refractivity contribution is 7.99. The summed E-state index contributed by atoms with van der Waals surface area (Å²) in [5, 5.41) is 15.9. The summed E-state index contributed by atoms with van der Waals surface area (Å²) in [6.45, 7) is 1.61. The Morgan fingerprint density at radius 1 is 1.25 bits per heavy atom. The molecule has 0 atom stereocenters. The van der Waals surface area contributed by atoms with Gasteiger partial charge in [0.1, 0.15) is 12.9 Å². The molecule has 4 rings (SSSR count). The molecule has 0 saturated carbocycles. The molecule has 10 nitrogen and oxygen atoms in total. The number of anilines is 2. The molecular formula is C17H18N6O4S. The number of hydrogen-bond donors (Lipinski definition) is 1. The van der Waals surface area contributed by atoms with Crippen molar-refractivity contribution in [2.45, 2.75) is 23.1 Å². The zero-order valence-electron chi connectivity index (χ0n) is 14.9. The Balaban J connectivity index is 1.47. The Bertz CT molecular complexity index is 873. The Hall–Kier alpha value is -2.92. The van der Waals surface area contributed by atoms with Crippen molar-refractivity contribution in [3.05, 3.63) is 52.8 Å². The monoisotopic (exact) mass is 402 g/mol. The second kappa shape index (κ2) is 8.40. The van der Waals surface area contributed by atoms with Gasteiger partial charge in [-0.15, -0.1) is 11.8 Å². The maximum Gasteiger partial charge on any atom is 0.353 e. The molecule has 0 aliphatic carbocycles. The van der Waals surface area contributed by atoms with Crippen LogP contribution in [-0.4, -0.2) is 44.8 Å². The summed E-state index contributed by atoms with van der Waals surface area (Å²) in [4.78, 5) is 35.4. The van der Waals surface area contributed by atoms with Crippen LogP contribution in [0.15, 0.2) is 47.7 Å². The van der Waals surface area contributed by atoms with Crippen LogP contribution in [0, 0.1) is 10.1 Å². The van der Waals surface area contributed by atoms with Crippen LogP contribution >= 0.6 is 11.8 Å². The van der Waals surface area contributed by atoms with Crippen LogP contribution in [0.1, 0.15) is 12.8 Å². The van der Waals surface area contributed by atoms with Gasteiger partial charge in [-0.25, -0.2) is 15.0 Å². The molecule has 0 amide bonds. The molecule has 11 heteroatoms. The molecule has 0 unspecified atom stereocenters. The van der Waals surface area contributed by atoms with Gasteiger partial charge in [0.15, 0.2) is 0 Å². The molecule has 2 aromatic heterocycles. The lowest BCUT2D eigenvalue weighted by molar-refractivity contribution is -0.383. The van der Waals surface area contributed by atoms with Crippen molar-refractivity contribution in [2.75, 3.05) is 29.9 Å². The van der Waals surface area contributed by atoms with Gasteiger partial charge in [0.25, 0.3) is 0 Å². The van der Waals surface area contributed by atoms with Gasteiger partial charge in [-0.3, -0.25) is 10.1 Å².